The molecular formula is C21H22FN5OS. The number of piperazine rings is 1. The van der Waals surface area contributed by atoms with Gasteiger partial charge in [0.25, 0.3) is 0 Å². The van der Waals surface area contributed by atoms with E-state index in [1.54, 1.807) is 29.5 Å². The Balaban J connectivity index is 1.26. The highest BCUT2D eigenvalue weighted by Crippen LogP contribution is 2.23. The highest BCUT2D eigenvalue weighted by molar-refractivity contribution is 7.15. The van der Waals surface area contributed by atoms with Gasteiger partial charge < -0.3 is 10.2 Å². The zero-order chi connectivity index (χ0) is 20.1. The van der Waals surface area contributed by atoms with E-state index in [-0.39, 0.29) is 18.1 Å². The number of hydrogen-bond acceptors (Lipinski definition) is 6. The highest BCUT2D eigenvalue weighted by Gasteiger charge is 2.22. The first-order valence-electron chi connectivity index (χ1n) is 9.55. The first-order chi connectivity index (χ1) is 14.2. The molecule has 1 aliphatic rings. The Morgan fingerprint density at radius 3 is 2.48 bits per heavy atom. The topological polar surface area (TPSA) is 61.4 Å². The summed E-state index contributed by atoms with van der Waals surface area (Å²) in [4.78, 5) is 16.5. The van der Waals surface area contributed by atoms with E-state index in [4.69, 9.17) is 0 Å². The van der Waals surface area contributed by atoms with E-state index in [0.29, 0.717) is 0 Å². The minimum Gasteiger partial charge on any atom is -0.344 e. The van der Waals surface area contributed by atoms with Crippen LogP contribution in [0.25, 0.3) is 0 Å². The quantitative estimate of drug-likeness (QED) is 0.676. The van der Waals surface area contributed by atoms with Gasteiger partial charge in [-0.25, -0.2) is 4.39 Å². The van der Waals surface area contributed by atoms with Gasteiger partial charge >= 0.3 is 0 Å². The van der Waals surface area contributed by atoms with Gasteiger partial charge in [-0.1, -0.05) is 53.8 Å². The van der Waals surface area contributed by atoms with E-state index >= 15 is 0 Å². The summed E-state index contributed by atoms with van der Waals surface area (Å²) < 4.78 is 13.7. The molecule has 0 bridgehead atoms. The number of aromatic nitrogens is 2. The predicted molar refractivity (Wildman–Crippen MR) is 113 cm³/mol. The molecule has 0 atom stereocenters. The second-order valence-corrected chi connectivity index (χ2v) is 7.97. The zero-order valence-electron chi connectivity index (χ0n) is 15.9. The van der Waals surface area contributed by atoms with Gasteiger partial charge in [0, 0.05) is 32.6 Å². The van der Waals surface area contributed by atoms with Crippen LogP contribution in [0.5, 0.6) is 0 Å². The van der Waals surface area contributed by atoms with Gasteiger partial charge in [-0.3, -0.25) is 9.69 Å². The summed E-state index contributed by atoms with van der Waals surface area (Å²) in [7, 11) is 0. The largest absolute Gasteiger partial charge is 0.344 e. The average molecular weight is 412 g/mol. The van der Waals surface area contributed by atoms with E-state index in [1.807, 2.05) is 18.2 Å². The molecule has 8 heteroatoms. The Bertz CT molecular complexity index is 956. The Morgan fingerprint density at radius 2 is 1.72 bits per heavy atom. The third-order valence-corrected chi connectivity index (χ3v) is 5.80. The minimum absolute atomic E-state index is 0.204. The van der Waals surface area contributed by atoms with Crippen molar-refractivity contribution in [1.29, 1.82) is 0 Å². The van der Waals surface area contributed by atoms with Crippen LogP contribution in [-0.4, -0.2) is 53.7 Å². The van der Waals surface area contributed by atoms with Crippen molar-refractivity contribution in [1.82, 2.24) is 15.1 Å². The molecule has 1 aromatic heterocycles. The average Bonchev–Trinajstić information content (AvgIpc) is 3.19. The number of anilines is 2. The molecule has 1 aliphatic heterocycles. The molecule has 0 radical (unpaired) electrons. The van der Waals surface area contributed by atoms with Crippen LogP contribution < -0.4 is 10.2 Å². The van der Waals surface area contributed by atoms with Gasteiger partial charge in [-0.2, -0.15) is 0 Å². The van der Waals surface area contributed by atoms with Crippen LogP contribution in [0.1, 0.15) is 10.6 Å². The van der Waals surface area contributed by atoms with E-state index in [1.165, 1.54) is 11.6 Å². The number of amides is 1. The maximum absolute atomic E-state index is 13.7. The molecule has 0 aliphatic carbocycles. The fourth-order valence-electron chi connectivity index (χ4n) is 3.27. The van der Waals surface area contributed by atoms with E-state index < -0.39 is 5.82 Å². The van der Waals surface area contributed by atoms with Crippen LogP contribution in [-0.2, 0) is 11.2 Å². The molecule has 1 saturated heterocycles. The number of benzene rings is 2. The molecule has 4 rings (SSSR count). The Hall–Kier alpha value is -2.84. The fraction of sp³-hybridized carbons (Fsp3) is 0.286. The molecule has 0 unspecified atom stereocenters. The Morgan fingerprint density at radius 1 is 1.00 bits per heavy atom. The number of nitrogens with one attached hydrogen (secondary N) is 1. The lowest BCUT2D eigenvalue weighted by molar-refractivity contribution is -0.117. The van der Waals surface area contributed by atoms with Gasteiger partial charge in [0.15, 0.2) is 0 Å². The lowest BCUT2D eigenvalue weighted by Gasteiger charge is -2.33. The van der Waals surface area contributed by atoms with Crippen molar-refractivity contribution in [3.63, 3.8) is 0 Å². The van der Waals surface area contributed by atoms with Crippen molar-refractivity contribution >= 4 is 28.1 Å². The summed E-state index contributed by atoms with van der Waals surface area (Å²) in [6, 6.07) is 16.4. The summed E-state index contributed by atoms with van der Waals surface area (Å²) in [6.07, 6.45) is 0.786. The van der Waals surface area contributed by atoms with Crippen molar-refractivity contribution in [2.45, 2.75) is 6.42 Å². The van der Waals surface area contributed by atoms with Crippen LogP contribution in [0.4, 0.5) is 15.2 Å². The lowest BCUT2D eigenvalue weighted by Crippen LogP contribution is -2.48. The molecule has 1 N–H and O–H groups in total. The van der Waals surface area contributed by atoms with Crippen molar-refractivity contribution in [2.24, 2.45) is 0 Å². The summed E-state index contributed by atoms with van der Waals surface area (Å²) in [5.41, 5.74) is 1.44. The molecule has 29 heavy (non-hydrogen) atoms. The molecule has 6 nitrogen and oxygen atoms in total. The number of carbonyl (C=O) groups excluding carboxylic acids is 1. The number of halogens is 1. The molecule has 1 fully saturated rings. The van der Waals surface area contributed by atoms with Crippen LogP contribution in [0, 0.1) is 5.82 Å². The van der Waals surface area contributed by atoms with Gasteiger partial charge in [0.1, 0.15) is 10.8 Å². The van der Waals surface area contributed by atoms with E-state index in [9.17, 15) is 9.18 Å². The van der Waals surface area contributed by atoms with Crippen LogP contribution in [0.15, 0.2) is 54.6 Å². The van der Waals surface area contributed by atoms with Gasteiger partial charge in [0.2, 0.25) is 11.0 Å². The fourth-order valence-corrected chi connectivity index (χ4v) is 4.19. The molecule has 1 amide bonds. The summed E-state index contributed by atoms with van der Waals surface area (Å²) in [6.45, 7) is 3.31. The predicted octanol–water partition coefficient (Wildman–Crippen LogP) is 3.03. The lowest BCUT2D eigenvalue weighted by atomic mass is 10.2. The van der Waals surface area contributed by atoms with Gasteiger partial charge in [-0.15, -0.1) is 10.2 Å². The molecule has 150 valence electrons. The second kappa shape index (κ2) is 9.11. The standard InChI is InChI=1S/C21H22FN5OS/c22-17-8-4-5-9-18(17)23-19(28)15-26-10-12-27(13-11-26)21-25-24-20(29-21)14-16-6-2-1-3-7-16/h1-9H,10-15H2,(H,23,28). The van der Waals surface area contributed by atoms with Crippen LogP contribution in [0.3, 0.4) is 0 Å². The molecule has 3 aromatic rings. The Kier molecular flexibility index (Phi) is 6.12. The second-order valence-electron chi connectivity index (χ2n) is 6.93. The third-order valence-electron chi connectivity index (χ3n) is 4.81. The van der Waals surface area contributed by atoms with Crippen molar-refractivity contribution in [3.05, 3.63) is 71.0 Å². The van der Waals surface area contributed by atoms with E-state index in [0.717, 1.165) is 42.7 Å². The van der Waals surface area contributed by atoms with Crippen LogP contribution in [0.2, 0.25) is 0 Å². The van der Waals surface area contributed by atoms with Crippen molar-refractivity contribution in [2.75, 3.05) is 42.9 Å². The first-order valence-corrected chi connectivity index (χ1v) is 10.4. The minimum atomic E-state index is -0.423. The highest BCUT2D eigenvalue weighted by atomic mass is 32.1. The Labute approximate surface area is 173 Å². The summed E-state index contributed by atoms with van der Waals surface area (Å²) >= 11 is 1.62. The van der Waals surface area contributed by atoms with Gasteiger partial charge in [0.05, 0.1) is 12.2 Å². The number of hydrogen-bond donors (Lipinski definition) is 1. The molecule has 0 spiro atoms. The first kappa shape index (κ1) is 19.5. The maximum atomic E-state index is 13.7. The normalized spacial score (nSPS) is 14.7. The van der Waals surface area contributed by atoms with Crippen molar-refractivity contribution < 1.29 is 9.18 Å². The maximum Gasteiger partial charge on any atom is 0.238 e. The molecule has 0 saturated carbocycles. The van der Waals surface area contributed by atoms with Crippen LogP contribution >= 0.6 is 11.3 Å². The number of rotatable bonds is 6. The summed E-state index contributed by atoms with van der Waals surface area (Å²) in [5, 5.41) is 13.2. The van der Waals surface area contributed by atoms with Crippen molar-refractivity contribution in [3.8, 4) is 0 Å². The smallest absolute Gasteiger partial charge is 0.238 e. The molecule has 2 heterocycles. The number of carbonyl (C=O) groups is 1. The van der Waals surface area contributed by atoms with Gasteiger partial charge in [-0.05, 0) is 17.7 Å². The number of para-hydroxylation sites is 1. The summed E-state index contributed by atoms with van der Waals surface area (Å²) in [5.74, 6) is -0.627. The zero-order valence-corrected chi connectivity index (χ0v) is 16.7. The monoisotopic (exact) mass is 411 g/mol. The SMILES string of the molecule is O=C(CN1CCN(c2nnc(Cc3ccccc3)s2)CC1)Nc1ccccc1F. The van der Waals surface area contributed by atoms with E-state index in [2.05, 4.69) is 37.4 Å². The molecule has 2 aromatic carbocycles. The molecular weight excluding hydrogens is 389 g/mol. The third kappa shape index (κ3) is 5.16. The number of nitrogens with zero attached hydrogens (tertiary/aromatic N) is 4.